The van der Waals surface area contributed by atoms with Gasteiger partial charge in [-0.1, -0.05) is 67.1 Å². The summed E-state index contributed by atoms with van der Waals surface area (Å²) in [4.78, 5) is 23.8. The van der Waals surface area contributed by atoms with Gasteiger partial charge in [-0.2, -0.15) is 10.4 Å². The number of nitriles is 1. The average molecular weight is 529 g/mol. The molecule has 4 aromatic rings. The molecule has 0 bridgehead atoms. The van der Waals surface area contributed by atoms with Gasteiger partial charge < -0.3 is 9.84 Å². The van der Waals surface area contributed by atoms with Crippen LogP contribution in [-0.4, -0.2) is 26.9 Å². The van der Waals surface area contributed by atoms with Gasteiger partial charge >= 0.3 is 12.1 Å². The van der Waals surface area contributed by atoms with Gasteiger partial charge in [-0.3, -0.25) is 10.1 Å². The number of carbonyl (C=O) groups is 2. The van der Waals surface area contributed by atoms with Crippen LogP contribution in [0.3, 0.4) is 0 Å². The number of halogens is 1. The minimum Gasteiger partial charge on any atom is -0.481 e. The molecule has 9 heteroatoms. The van der Waals surface area contributed by atoms with E-state index in [1.54, 1.807) is 31.2 Å². The van der Waals surface area contributed by atoms with Crippen molar-refractivity contribution >= 4 is 29.5 Å². The molecule has 1 aromatic heterocycles. The molecule has 1 amide bonds. The van der Waals surface area contributed by atoms with Gasteiger partial charge in [-0.15, -0.1) is 0 Å². The van der Waals surface area contributed by atoms with Crippen LogP contribution in [0.25, 0.3) is 16.8 Å². The standard InChI is InChI=1S/C29H25ClN4O4/c1-3-20-14-19(15-27(35)36)8-13-25(20)21-9-11-23(12-10-21)34-28(22(16-31)17-32-34)33-29(37)38-18(2)24-6-4-5-7-26(24)30/h4-14,17-18H,3,15H2,1-2H3,(H,33,37)(H,35,36). The van der Waals surface area contributed by atoms with Crippen molar-refractivity contribution in [3.8, 4) is 22.9 Å². The Hall–Kier alpha value is -4.61. The molecular formula is C29H25ClN4O4. The number of carboxylic acid groups (broad SMARTS) is 1. The number of rotatable bonds is 8. The lowest BCUT2D eigenvalue weighted by Crippen LogP contribution is -2.19. The highest BCUT2D eigenvalue weighted by molar-refractivity contribution is 6.31. The Kier molecular flexibility index (Phi) is 8.09. The molecule has 0 radical (unpaired) electrons. The Bertz CT molecular complexity index is 1520. The second-order valence-electron chi connectivity index (χ2n) is 8.59. The summed E-state index contributed by atoms with van der Waals surface area (Å²) in [6.45, 7) is 3.73. The van der Waals surface area contributed by atoms with Crippen molar-refractivity contribution in [1.29, 1.82) is 5.26 Å². The van der Waals surface area contributed by atoms with Crippen LogP contribution in [0.5, 0.6) is 0 Å². The largest absolute Gasteiger partial charge is 0.481 e. The molecule has 1 heterocycles. The number of aromatic nitrogens is 2. The second-order valence-corrected chi connectivity index (χ2v) is 8.99. The molecule has 0 fully saturated rings. The number of aryl methyl sites for hydroxylation is 1. The van der Waals surface area contributed by atoms with E-state index in [1.807, 2.05) is 55.5 Å². The molecule has 0 aliphatic carbocycles. The highest BCUT2D eigenvalue weighted by Gasteiger charge is 2.19. The summed E-state index contributed by atoms with van der Waals surface area (Å²) in [5.41, 5.74) is 5.21. The lowest BCUT2D eigenvalue weighted by atomic mass is 9.95. The highest BCUT2D eigenvalue weighted by atomic mass is 35.5. The van der Waals surface area contributed by atoms with Crippen molar-refractivity contribution in [2.75, 3.05) is 5.32 Å². The molecule has 4 rings (SSSR count). The van der Waals surface area contributed by atoms with E-state index < -0.39 is 18.2 Å². The second kappa shape index (κ2) is 11.6. The fourth-order valence-corrected chi connectivity index (χ4v) is 4.48. The number of nitrogens with zero attached hydrogens (tertiary/aromatic N) is 3. The number of benzene rings is 3. The Labute approximate surface area is 225 Å². The molecule has 1 atom stereocenters. The van der Waals surface area contributed by atoms with Crippen molar-refractivity contribution in [3.05, 3.63) is 100 Å². The van der Waals surface area contributed by atoms with Gasteiger partial charge in [-0.25, -0.2) is 9.48 Å². The first kappa shape index (κ1) is 26.5. The third-order valence-corrected chi connectivity index (χ3v) is 6.41. The Morgan fingerprint density at radius 1 is 1.16 bits per heavy atom. The number of ether oxygens (including phenoxy) is 1. The zero-order chi connectivity index (χ0) is 27.2. The lowest BCUT2D eigenvalue weighted by Gasteiger charge is -2.16. The summed E-state index contributed by atoms with van der Waals surface area (Å²) < 4.78 is 6.95. The van der Waals surface area contributed by atoms with E-state index in [0.29, 0.717) is 16.3 Å². The van der Waals surface area contributed by atoms with E-state index in [1.165, 1.54) is 10.9 Å². The molecule has 3 aromatic carbocycles. The van der Waals surface area contributed by atoms with Crippen LogP contribution in [0.4, 0.5) is 10.6 Å². The molecule has 0 aliphatic heterocycles. The third kappa shape index (κ3) is 5.85. The normalized spacial score (nSPS) is 11.4. The highest BCUT2D eigenvalue weighted by Crippen LogP contribution is 2.29. The summed E-state index contributed by atoms with van der Waals surface area (Å²) >= 11 is 6.21. The van der Waals surface area contributed by atoms with Gasteiger partial charge in [0.15, 0.2) is 5.82 Å². The van der Waals surface area contributed by atoms with Crippen LogP contribution >= 0.6 is 11.6 Å². The summed E-state index contributed by atoms with van der Waals surface area (Å²) in [6, 6.07) is 22.3. The van der Waals surface area contributed by atoms with Crippen molar-refractivity contribution in [3.63, 3.8) is 0 Å². The van der Waals surface area contributed by atoms with E-state index in [0.717, 1.165) is 28.7 Å². The fraction of sp³-hybridized carbons (Fsp3) is 0.172. The van der Waals surface area contributed by atoms with Crippen LogP contribution in [0.1, 0.15) is 42.2 Å². The van der Waals surface area contributed by atoms with Gasteiger partial charge in [-0.05, 0) is 53.8 Å². The minimum absolute atomic E-state index is 0.0257. The van der Waals surface area contributed by atoms with Crippen LogP contribution in [0, 0.1) is 11.3 Å². The number of nitrogens with one attached hydrogen (secondary N) is 1. The monoisotopic (exact) mass is 528 g/mol. The maximum absolute atomic E-state index is 12.7. The molecular weight excluding hydrogens is 504 g/mol. The fourth-order valence-electron chi connectivity index (χ4n) is 4.19. The predicted octanol–water partition coefficient (Wildman–Crippen LogP) is 6.56. The Morgan fingerprint density at radius 2 is 1.89 bits per heavy atom. The summed E-state index contributed by atoms with van der Waals surface area (Å²) in [5, 5.41) is 26.1. The zero-order valence-corrected chi connectivity index (χ0v) is 21.6. The van der Waals surface area contributed by atoms with Crippen LogP contribution < -0.4 is 5.32 Å². The molecule has 0 saturated carbocycles. The number of anilines is 1. The number of hydrogen-bond donors (Lipinski definition) is 2. The molecule has 38 heavy (non-hydrogen) atoms. The van der Waals surface area contributed by atoms with Gasteiger partial charge in [0.05, 0.1) is 18.3 Å². The van der Waals surface area contributed by atoms with Crippen LogP contribution in [0.2, 0.25) is 5.02 Å². The molecule has 0 aliphatic rings. The van der Waals surface area contributed by atoms with E-state index >= 15 is 0 Å². The zero-order valence-electron chi connectivity index (χ0n) is 20.8. The molecule has 0 spiro atoms. The Balaban J connectivity index is 1.56. The lowest BCUT2D eigenvalue weighted by molar-refractivity contribution is -0.136. The third-order valence-electron chi connectivity index (χ3n) is 6.07. The first-order valence-corrected chi connectivity index (χ1v) is 12.3. The molecule has 1 unspecified atom stereocenters. The first-order valence-electron chi connectivity index (χ1n) is 11.9. The van der Waals surface area contributed by atoms with Gasteiger partial charge in [0.2, 0.25) is 0 Å². The van der Waals surface area contributed by atoms with E-state index in [2.05, 4.69) is 10.4 Å². The SMILES string of the molecule is CCc1cc(CC(=O)O)ccc1-c1ccc(-n2ncc(C#N)c2NC(=O)OC(C)c2ccccc2Cl)cc1. The van der Waals surface area contributed by atoms with E-state index in [9.17, 15) is 14.9 Å². The quantitative estimate of drug-likeness (QED) is 0.267. The topological polar surface area (TPSA) is 117 Å². The molecule has 0 saturated heterocycles. The number of hydrogen-bond acceptors (Lipinski definition) is 5. The van der Waals surface area contributed by atoms with Crippen molar-refractivity contribution < 1.29 is 19.4 Å². The molecule has 2 N–H and O–H groups in total. The smallest absolute Gasteiger partial charge is 0.413 e. The molecule has 192 valence electrons. The van der Waals surface area contributed by atoms with Crippen LogP contribution in [0.15, 0.2) is 72.9 Å². The first-order chi connectivity index (χ1) is 18.3. The van der Waals surface area contributed by atoms with Gasteiger partial charge in [0.25, 0.3) is 0 Å². The van der Waals surface area contributed by atoms with Crippen molar-refractivity contribution in [2.45, 2.75) is 32.8 Å². The predicted molar refractivity (Wildman–Crippen MR) is 144 cm³/mol. The number of aliphatic carboxylic acids is 1. The molecule has 8 nitrogen and oxygen atoms in total. The number of carboxylic acids is 1. The van der Waals surface area contributed by atoms with E-state index in [-0.39, 0.29) is 17.8 Å². The summed E-state index contributed by atoms with van der Waals surface area (Å²) in [5.74, 6) is -0.685. The van der Waals surface area contributed by atoms with E-state index in [4.69, 9.17) is 21.4 Å². The maximum Gasteiger partial charge on any atom is 0.413 e. The van der Waals surface area contributed by atoms with Gasteiger partial charge in [0.1, 0.15) is 17.7 Å². The van der Waals surface area contributed by atoms with Crippen molar-refractivity contribution in [2.24, 2.45) is 0 Å². The van der Waals surface area contributed by atoms with Crippen molar-refractivity contribution in [1.82, 2.24) is 9.78 Å². The average Bonchev–Trinajstić information content (AvgIpc) is 3.30. The van der Waals surface area contributed by atoms with Gasteiger partial charge in [0, 0.05) is 10.6 Å². The Morgan fingerprint density at radius 3 is 2.55 bits per heavy atom. The summed E-state index contributed by atoms with van der Waals surface area (Å²) in [7, 11) is 0. The maximum atomic E-state index is 12.7. The number of amides is 1. The minimum atomic E-state index is -0.869. The summed E-state index contributed by atoms with van der Waals surface area (Å²) in [6.07, 6.45) is 0.734. The number of carbonyl (C=O) groups excluding carboxylic acids is 1. The van der Waals surface area contributed by atoms with Crippen LogP contribution in [-0.2, 0) is 22.4 Å².